The summed E-state index contributed by atoms with van der Waals surface area (Å²) in [5.41, 5.74) is 1.86. The van der Waals surface area contributed by atoms with Gasteiger partial charge in [-0.05, 0) is 42.5 Å². The summed E-state index contributed by atoms with van der Waals surface area (Å²) in [7, 11) is 0. The van der Waals surface area contributed by atoms with Gasteiger partial charge in [-0.25, -0.2) is 14.6 Å². The van der Waals surface area contributed by atoms with Crippen molar-refractivity contribution in [1.82, 2.24) is 25.2 Å². The number of likely N-dealkylation sites (N-methyl/N-ethyl adjacent to an activating group) is 1. The first-order valence-corrected chi connectivity index (χ1v) is 9.05. The Bertz CT molecular complexity index is 817. The lowest BCUT2D eigenvalue weighted by Crippen LogP contribution is -2.29. The highest BCUT2D eigenvalue weighted by molar-refractivity contribution is 5.77. The Hall–Kier alpha value is -2.74. The van der Waals surface area contributed by atoms with Gasteiger partial charge in [0.2, 0.25) is 11.3 Å². The molecule has 0 aliphatic heterocycles. The Morgan fingerprint density at radius 1 is 0.923 bits per heavy atom. The molecule has 0 bridgehead atoms. The van der Waals surface area contributed by atoms with E-state index in [1.54, 1.807) is 0 Å². The van der Waals surface area contributed by atoms with Gasteiger partial charge in [-0.15, -0.1) is 0 Å². The molecule has 0 aliphatic rings. The second-order valence-corrected chi connectivity index (χ2v) is 5.84. The predicted molar refractivity (Wildman–Crippen MR) is 103 cm³/mol. The van der Waals surface area contributed by atoms with Crippen molar-refractivity contribution in [3.05, 3.63) is 30.3 Å². The monoisotopic (exact) mass is 355 g/mol. The van der Waals surface area contributed by atoms with E-state index >= 15 is 0 Å². The van der Waals surface area contributed by atoms with Crippen LogP contribution in [0.1, 0.15) is 20.8 Å². The van der Waals surface area contributed by atoms with Crippen LogP contribution in [0.3, 0.4) is 0 Å². The van der Waals surface area contributed by atoms with Gasteiger partial charge >= 0.3 is 0 Å². The molecule has 0 saturated heterocycles. The maximum atomic E-state index is 4.79. The van der Waals surface area contributed by atoms with Gasteiger partial charge < -0.3 is 15.1 Å². The Morgan fingerprint density at radius 2 is 1.62 bits per heavy atom. The molecule has 0 spiro atoms. The summed E-state index contributed by atoms with van der Waals surface area (Å²) in [6.07, 6.45) is 0. The standard InChI is InChI=1S/C18H25N7O/c1-4-24(5-2)13-12-19-17-18(21-16-15(20-17)22-26-23-16)25(6-3)14-10-8-7-9-11-14/h7-11H,4-6,12-13H2,1-3H3,(H,19,20,22). The molecule has 0 amide bonds. The quantitative estimate of drug-likeness (QED) is 0.627. The molecule has 26 heavy (non-hydrogen) atoms. The number of benzene rings is 1. The molecule has 8 heteroatoms. The summed E-state index contributed by atoms with van der Waals surface area (Å²) >= 11 is 0. The second-order valence-electron chi connectivity index (χ2n) is 5.84. The second kappa shape index (κ2) is 8.57. The summed E-state index contributed by atoms with van der Waals surface area (Å²) in [5.74, 6) is 1.41. The van der Waals surface area contributed by atoms with Gasteiger partial charge in [-0.1, -0.05) is 32.0 Å². The minimum Gasteiger partial charge on any atom is -0.366 e. The third-order valence-corrected chi connectivity index (χ3v) is 4.35. The summed E-state index contributed by atoms with van der Waals surface area (Å²) in [6, 6.07) is 10.1. The predicted octanol–water partition coefficient (Wildman–Crippen LogP) is 2.92. The Balaban J connectivity index is 1.91. The van der Waals surface area contributed by atoms with Crippen LogP contribution in [0, 0.1) is 0 Å². The molecular weight excluding hydrogens is 330 g/mol. The fraction of sp³-hybridized carbons (Fsp3) is 0.444. The third kappa shape index (κ3) is 3.91. The van der Waals surface area contributed by atoms with Gasteiger partial charge in [0, 0.05) is 25.3 Å². The highest BCUT2D eigenvalue weighted by atomic mass is 16.6. The molecule has 1 N–H and O–H groups in total. The minimum atomic E-state index is 0.406. The molecule has 0 radical (unpaired) electrons. The van der Waals surface area contributed by atoms with E-state index in [-0.39, 0.29) is 0 Å². The SMILES string of the molecule is CCN(CC)CCNc1nc2nonc2nc1N(CC)c1ccccc1. The average Bonchev–Trinajstić information content (AvgIpc) is 3.14. The normalized spacial score (nSPS) is 11.2. The number of fused-ring (bicyclic) bond motifs is 1. The number of rotatable bonds is 9. The number of para-hydroxylation sites is 1. The topological polar surface area (TPSA) is 83.2 Å². The van der Waals surface area contributed by atoms with Gasteiger partial charge in [-0.2, -0.15) is 0 Å². The van der Waals surface area contributed by atoms with Gasteiger partial charge in [0.25, 0.3) is 0 Å². The van der Waals surface area contributed by atoms with E-state index in [0.29, 0.717) is 17.1 Å². The highest BCUT2D eigenvalue weighted by Gasteiger charge is 2.18. The van der Waals surface area contributed by atoms with E-state index in [0.717, 1.165) is 44.2 Å². The maximum absolute atomic E-state index is 4.79. The first-order chi connectivity index (χ1) is 12.8. The Labute approximate surface area is 153 Å². The minimum absolute atomic E-state index is 0.406. The van der Waals surface area contributed by atoms with E-state index in [1.165, 1.54) is 0 Å². The molecule has 2 aromatic heterocycles. The molecular formula is C18H25N7O. The number of aromatic nitrogens is 4. The van der Waals surface area contributed by atoms with Crippen molar-refractivity contribution >= 4 is 28.6 Å². The lowest BCUT2D eigenvalue weighted by molar-refractivity contribution is 0.314. The number of nitrogens with zero attached hydrogens (tertiary/aromatic N) is 6. The fourth-order valence-corrected chi connectivity index (χ4v) is 2.87. The molecule has 0 saturated carbocycles. The summed E-state index contributed by atoms with van der Waals surface area (Å²) in [5, 5.41) is 11.1. The highest BCUT2D eigenvalue weighted by Crippen LogP contribution is 2.29. The van der Waals surface area contributed by atoms with Crippen LogP contribution in [0.15, 0.2) is 35.0 Å². The largest absolute Gasteiger partial charge is 0.366 e. The summed E-state index contributed by atoms with van der Waals surface area (Å²) < 4.78 is 4.79. The molecule has 0 unspecified atom stereocenters. The number of nitrogens with one attached hydrogen (secondary N) is 1. The van der Waals surface area contributed by atoms with E-state index in [2.05, 4.69) is 68.3 Å². The van der Waals surface area contributed by atoms with E-state index in [4.69, 9.17) is 4.63 Å². The van der Waals surface area contributed by atoms with E-state index < -0.39 is 0 Å². The van der Waals surface area contributed by atoms with Crippen LogP contribution in [0.25, 0.3) is 11.3 Å². The summed E-state index contributed by atoms with van der Waals surface area (Å²) in [6.45, 7) is 10.9. The average molecular weight is 355 g/mol. The van der Waals surface area contributed by atoms with E-state index in [9.17, 15) is 0 Å². The van der Waals surface area contributed by atoms with Crippen molar-refractivity contribution in [3.63, 3.8) is 0 Å². The molecule has 2 heterocycles. The lowest BCUT2D eigenvalue weighted by atomic mass is 10.3. The van der Waals surface area contributed by atoms with Crippen LogP contribution in [0.5, 0.6) is 0 Å². The van der Waals surface area contributed by atoms with E-state index in [1.807, 2.05) is 18.2 Å². The van der Waals surface area contributed by atoms with Crippen LogP contribution < -0.4 is 10.2 Å². The van der Waals surface area contributed by atoms with Crippen molar-refractivity contribution < 1.29 is 4.63 Å². The van der Waals surface area contributed by atoms with Crippen molar-refractivity contribution in [3.8, 4) is 0 Å². The number of anilines is 3. The molecule has 3 aromatic rings. The molecule has 1 aromatic carbocycles. The van der Waals surface area contributed by atoms with Crippen LogP contribution in [0.4, 0.5) is 17.3 Å². The lowest BCUT2D eigenvalue weighted by Gasteiger charge is -2.24. The Kier molecular flexibility index (Phi) is 5.96. The van der Waals surface area contributed by atoms with Crippen molar-refractivity contribution in [2.75, 3.05) is 42.9 Å². The Morgan fingerprint density at radius 3 is 2.27 bits per heavy atom. The molecule has 0 fully saturated rings. The zero-order chi connectivity index (χ0) is 18.4. The van der Waals surface area contributed by atoms with Crippen LogP contribution in [0.2, 0.25) is 0 Å². The third-order valence-electron chi connectivity index (χ3n) is 4.35. The maximum Gasteiger partial charge on any atom is 0.245 e. The van der Waals surface area contributed by atoms with Gasteiger partial charge in [-0.3, -0.25) is 0 Å². The molecule has 3 rings (SSSR count). The van der Waals surface area contributed by atoms with Crippen molar-refractivity contribution in [2.24, 2.45) is 0 Å². The zero-order valence-electron chi connectivity index (χ0n) is 15.5. The number of hydrogen-bond acceptors (Lipinski definition) is 8. The molecule has 8 nitrogen and oxygen atoms in total. The van der Waals surface area contributed by atoms with Crippen molar-refractivity contribution in [1.29, 1.82) is 0 Å². The van der Waals surface area contributed by atoms with Crippen molar-refractivity contribution in [2.45, 2.75) is 20.8 Å². The number of hydrogen-bond donors (Lipinski definition) is 1. The van der Waals surface area contributed by atoms with Crippen LogP contribution in [-0.2, 0) is 0 Å². The van der Waals surface area contributed by atoms with Crippen LogP contribution >= 0.6 is 0 Å². The first kappa shape index (κ1) is 18.1. The zero-order valence-corrected chi connectivity index (χ0v) is 15.5. The van der Waals surface area contributed by atoms with Crippen LogP contribution in [-0.4, -0.2) is 57.9 Å². The first-order valence-electron chi connectivity index (χ1n) is 9.05. The van der Waals surface area contributed by atoms with Gasteiger partial charge in [0.1, 0.15) is 0 Å². The fourth-order valence-electron chi connectivity index (χ4n) is 2.87. The smallest absolute Gasteiger partial charge is 0.245 e. The van der Waals surface area contributed by atoms with Gasteiger partial charge in [0.05, 0.1) is 0 Å². The molecule has 138 valence electrons. The summed E-state index contributed by atoms with van der Waals surface area (Å²) in [4.78, 5) is 13.7. The molecule has 0 atom stereocenters. The molecule has 0 aliphatic carbocycles. The van der Waals surface area contributed by atoms with Gasteiger partial charge in [0.15, 0.2) is 11.6 Å².